The Kier molecular flexibility index (Phi) is 9.11. The molecular formula is C29H27F2N5O4. The minimum Gasteiger partial charge on any atom is -0.494 e. The van der Waals surface area contributed by atoms with Crippen molar-refractivity contribution >= 4 is 17.5 Å². The van der Waals surface area contributed by atoms with Crippen LogP contribution in [0.4, 0.5) is 14.5 Å². The number of carbonyl (C=O) groups is 1. The molecule has 3 aromatic rings. The highest BCUT2D eigenvalue weighted by Crippen LogP contribution is 2.45. The Labute approximate surface area is 229 Å². The fraction of sp³-hybridized carbons (Fsp3) is 0.241. The van der Waals surface area contributed by atoms with Crippen LogP contribution in [0.15, 0.2) is 89.5 Å². The van der Waals surface area contributed by atoms with E-state index < -0.39 is 35.7 Å². The van der Waals surface area contributed by atoms with Gasteiger partial charge in [-0.1, -0.05) is 41.5 Å². The molecule has 4 rings (SSSR count). The average Bonchev–Trinajstić information content (AvgIpc) is 3.34. The van der Waals surface area contributed by atoms with Gasteiger partial charge in [0.25, 0.3) is 5.91 Å². The molecule has 0 spiro atoms. The summed E-state index contributed by atoms with van der Waals surface area (Å²) in [6.07, 6.45) is 0.924. The monoisotopic (exact) mass is 547 g/mol. The van der Waals surface area contributed by atoms with E-state index in [-0.39, 0.29) is 30.2 Å². The molecule has 206 valence electrons. The number of amides is 1. The summed E-state index contributed by atoms with van der Waals surface area (Å²) in [6, 6.07) is 16.9. The first-order chi connectivity index (χ1) is 19.4. The quantitative estimate of drug-likeness (QED) is 0.0974. The van der Waals surface area contributed by atoms with E-state index in [2.05, 4.69) is 21.9 Å². The minimum absolute atomic E-state index is 0.000287. The van der Waals surface area contributed by atoms with Gasteiger partial charge >= 0.3 is 0 Å². The Hall–Kier alpha value is -4.73. The Morgan fingerprint density at radius 2 is 1.90 bits per heavy atom. The summed E-state index contributed by atoms with van der Waals surface area (Å²) in [7, 11) is 0. The molecule has 0 bridgehead atoms. The molecular weight excluding hydrogens is 520 g/mol. The van der Waals surface area contributed by atoms with Gasteiger partial charge in [0.15, 0.2) is 11.6 Å². The number of benzene rings is 3. The standard InChI is InChI=1S/C29H27F2N5O4/c1-2-15-29(28(38)33-18-22-23(30)8-5-9-24(22)31)26(21-7-3-4-10-25(21)35-36-32)40-27(34-29)19-11-13-20(14-12-19)39-17-6-16-37/h2-5,7-14,26,37H,1,6,15-18H2,(H,33,38)/t26-,29-/m1/s1. The second kappa shape index (κ2) is 12.9. The van der Waals surface area contributed by atoms with E-state index in [0.717, 1.165) is 12.1 Å². The molecule has 1 amide bonds. The topological polar surface area (TPSA) is 129 Å². The van der Waals surface area contributed by atoms with Crippen LogP contribution in [-0.4, -0.2) is 35.7 Å². The largest absolute Gasteiger partial charge is 0.494 e. The Morgan fingerprint density at radius 3 is 2.58 bits per heavy atom. The van der Waals surface area contributed by atoms with Crippen molar-refractivity contribution in [2.75, 3.05) is 13.2 Å². The lowest BCUT2D eigenvalue weighted by Gasteiger charge is -2.30. The highest BCUT2D eigenvalue weighted by molar-refractivity contribution is 6.01. The number of aliphatic imine (C=N–C) groups is 1. The number of hydrogen-bond donors (Lipinski definition) is 2. The van der Waals surface area contributed by atoms with Gasteiger partial charge < -0.3 is 19.9 Å². The molecule has 2 atom stereocenters. The predicted octanol–water partition coefficient (Wildman–Crippen LogP) is 5.82. The third-order valence-electron chi connectivity index (χ3n) is 6.34. The summed E-state index contributed by atoms with van der Waals surface area (Å²) in [5.74, 6) is -1.54. The number of carbonyl (C=O) groups excluding carboxylic acids is 1. The van der Waals surface area contributed by atoms with E-state index in [9.17, 15) is 13.6 Å². The van der Waals surface area contributed by atoms with Crippen molar-refractivity contribution in [1.29, 1.82) is 0 Å². The number of aliphatic hydroxyl groups excluding tert-OH is 1. The summed E-state index contributed by atoms with van der Waals surface area (Å²) in [5.41, 5.74) is 8.36. The fourth-order valence-corrected chi connectivity index (χ4v) is 4.38. The zero-order valence-corrected chi connectivity index (χ0v) is 21.5. The van der Waals surface area contributed by atoms with Crippen molar-refractivity contribution in [2.45, 2.75) is 31.0 Å². The SMILES string of the molecule is C=CC[C@@]1(C(=O)NCc2c(F)cccc2F)N=C(c2ccc(OCCCO)cc2)O[C@@H]1c1ccccc1N=[N+]=[N-]. The average molecular weight is 548 g/mol. The van der Waals surface area contributed by atoms with Gasteiger partial charge in [0.2, 0.25) is 5.90 Å². The molecule has 0 fully saturated rings. The van der Waals surface area contributed by atoms with Crippen molar-refractivity contribution in [3.8, 4) is 5.75 Å². The van der Waals surface area contributed by atoms with Crippen molar-refractivity contribution < 1.29 is 28.2 Å². The van der Waals surface area contributed by atoms with Crippen molar-refractivity contribution in [3.63, 3.8) is 0 Å². The first-order valence-electron chi connectivity index (χ1n) is 12.5. The van der Waals surface area contributed by atoms with Crippen LogP contribution >= 0.6 is 0 Å². The predicted molar refractivity (Wildman–Crippen MR) is 145 cm³/mol. The lowest BCUT2D eigenvalue weighted by atomic mass is 9.83. The number of nitrogens with zero attached hydrogens (tertiary/aromatic N) is 4. The first kappa shape index (κ1) is 28.3. The van der Waals surface area contributed by atoms with Crippen LogP contribution in [0.25, 0.3) is 10.4 Å². The number of hydrogen-bond acceptors (Lipinski definition) is 6. The van der Waals surface area contributed by atoms with Crippen LogP contribution in [0.2, 0.25) is 0 Å². The Bertz CT molecular complexity index is 1440. The molecule has 40 heavy (non-hydrogen) atoms. The van der Waals surface area contributed by atoms with Crippen LogP contribution in [0.5, 0.6) is 5.75 Å². The molecule has 0 saturated heterocycles. The molecule has 0 aliphatic carbocycles. The van der Waals surface area contributed by atoms with Crippen molar-refractivity contribution in [1.82, 2.24) is 5.32 Å². The summed E-state index contributed by atoms with van der Waals surface area (Å²) >= 11 is 0. The molecule has 0 radical (unpaired) electrons. The normalized spacial score (nSPS) is 17.8. The number of ether oxygens (including phenoxy) is 2. The number of nitrogens with one attached hydrogen (secondary N) is 1. The maximum absolute atomic E-state index is 14.3. The lowest BCUT2D eigenvalue weighted by molar-refractivity contribution is -0.129. The summed E-state index contributed by atoms with van der Waals surface area (Å²) in [5, 5.41) is 15.3. The number of azide groups is 1. The molecule has 0 aromatic heterocycles. The second-order valence-corrected chi connectivity index (χ2v) is 8.91. The number of rotatable bonds is 12. The highest BCUT2D eigenvalue weighted by Gasteiger charge is 2.53. The smallest absolute Gasteiger partial charge is 0.252 e. The van der Waals surface area contributed by atoms with Gasteiger partial charge in [0, 0.05) is 53.3 Å². The maximum atomic E-state index is 14.3. The van der Waals surface area contributed by atoms with Gasteiger partial charge in [-0.15, -0.1) is 6.58 Å². The zero-order valence-electron chi connectivity index (χ0n) is 21.5. The number of halogens is 2. The molecule has 3 aromatic carbocycles. The van der Waals surface area contributed by atoms with E-state index >= 15 is 0 Å². The van der Waals surface area contributed by atoms with Crippen molar-refractivity contribution in [3.05, 3.63) is 118 Å². The Morgan fingerprint density at radius 1 is 1.18 bits per heavy atom. The van der Waals surface area contributed by atoms with Gasteiger partial charge in [-0.25, -0.2) is 13.8 Å². The Balaban J connectivity index is 1.74. The van der Waals surface area contributed by atoms with Crippen LogP contribution < -0.4 is 10.1 Å². The molecule has 0 saturated carbocycles. The molecule has 1 aliphatic rings. The molecule has 11 heteroatoms. The fourth-order valence-electron chi connectivity index (χ4n) is 4.38. The van der Waals surface area contributed by atoms with Gasteiger partial charge in [-0.2, -0.15) is 0 Å². The third-order valence-corrected chi connectivity index (χ3v) is 6.34. The molecule has 1 heterocycles. The van der Waals surface area contributed by atoms with Gasteiger partial charge in [0.05, 0.1) is 6.61 Å². The van der Waals surface area contributed by atoms with E-state index in [1.54, 1.807) is 48.5 Å². The van der Waals surface area contributed by atoms with Crippen molar-refractivity contribution in [2.24, 2.45) is 10.1 Å². The van der Waals surface area contributed by atoms with Gasteiger partial charge in [-0.3, -0.25) is 4.79 Å². The molecule has 9 nitrogen and oxygen atoms in total. The van der Waals surface area contributed by atoms with E-state index in [4.69, 9.17) is 25.1 Å². The second-order valence-electron chi connectivity index (χ2n) is 8.91. The molecule has 1 aliphatic heterocycles. The maximum Gasteiger partial charge on any atom is 0.252 e. The van der Waals surface area contributed by atoms with Crippen LogP contribution in [0.3, 0.4) is 0 Å². The highest BCUT2D eigenvalue weighted by atomic mass is 19.1. The summed E-state index contributed by atoms with van der Waals surface area (Å²) in [4.78, 5) is 21.5. The van der Waals surface area contributed by atoms with E-state index in [1.165, 1.54) is 12.1 Å². The molecule has 2 N–H and O–H groups in total. The summed E-state index contributed by atoms with van der Waals surface area (Å²) in [6.45, 7) is 3.72. The van der Waals surface area contributed by atoms with Gasteiger partial charge in [-0.05, 0) is 41.9 Å². The minimum atomic E-state index is -1.64. The van der Waals surface area contributed by atoms with Crippen LogP contribution in [-0.2, 0) is 16.1 Å². The lowest BCUT2D eigenvalue weighted by Crippen LogP contribution is -2.48. The van der Waals surface area contributed by atoms with Gasteiger partial charge in [0.1, 0.15) is 17.4 Å². The summed E-state index contributed by atoms with van der Waals surface area (Å²) < 4.78 is 40.4. The van der Waals surface area contributed by atoms with Crippen LogP contribution in [0.1, 0.15) is 35.6 Å². The molecule has 0 unspecified atom stereocenters. The van der Waals surface area contributed by atoms with E-state index in [0.29, 0.717) is 29.9 Å². The number of aliphatic hydroxyl groups is 1. The zero-order chi connectivity index (χ0) is 28.5. The first-order valence-corrected chi connectivity index (χ1v) is 12.5. The van der Waals surface area contributed by atoms with E-state index in [1.807, 2.05) is 0 Å². The third kappa shape index (κ3) is 5.96. The van der Waals surface area contributed by atoms with Crippen LogP contribution in [0, 0.1) is 11.6 Å².